The molecule has 0 bridgehead atoms. The number of carbonyl (C=O) groups is 5. The number of esters is 1. The molecule has 11 nitrogen and oxygen atoms in total. The predicted octanol–water partition coefficient (Wildman–Crippen LogP) is 19.8. The Morgan fingerprint density at radius 2 is 1.05 bits per heavy atom. The lowest BCUT2D eigenvalue weighted by atomic mass is 9.79. The second-order valence-corrected chi connectivity index (χ2v) is 25.2. The van der Waals surface area contributed by atoms with Gasteiger partial charge >= 0.3 is 11.9 Å². The van der Waals surface area contributed by atoms with Crippen LogP contribution >= 0.6 is 11.3 Å². The van der Waals surface area contributed by atoms with Crippen LogP contribution in [0.25, 0.3) is 20.5 Å². The maximum atomic E-state index is 14.9. The Morgan fingerprint density at radius 1 is 0.585 bits per heavy atom. The van der Waals surface area contributed by atoms with Crippen molar-refractivity contribution in [1.29, 1.82) is 0 Å². The average Bonchev–Trinajstić information content (AvgIpc) is 1.54. The predicted molar refractivity (Wildman–Crippen MR) is 392 cm³/mol. The van der Waals surface area contributed by atoms with E-state index in [0.717, 1.165) is 96.4 Å². The molecule has 502 valence electrons. The van der Waals surface area contributed by atoms with Crippen LogP contribution in [0.3, 0.4) is 0 Å². The molecule has 1 fully saturated rings. The van der Waals surface area contributed by atoms with Crippen molar-refractivity contribution in [3.8, 4) is 21.9 Å². The molecule has 94 heavy (non-hydrogen) atoms. The average molecular weight is 1290 g/mol. The quantitative estimate of drug-likeness (QED) is 0.0146. The number of hydrogen-bond donors (Lipinski definition) is 4. The third-order valence-electron chi connectivity index (χ3n) is 16.0. The van der Waals surface area contributed by atoms with Crippen LogP contribution in [0.2, 0.25) is 0 Å². The SMILES string of the molecule is CCC=CCC=CCC=CCC=CCC=CCC=CCCC(=O)N[C@H](C(=O)Oc1ccc2c(C(=O)c3ccc(OCCC4CCCCN4)cc3)c(-c3ccc([C@](NC(=O)CCC=CCC=CCC=CCC=CCC=CCC=CCC)(C(=O)O)C(C)C)cc3)sc2c1)C(C)C. The second kappa shape index (κ2) is 45.2. The van der Waals surface area contributed by atoms with Crippen molar-refractivity contribution >= 4 is 51.0 Å². The fourth-order valence-electron chi connectivity index (χ4n) is 10.7. The first-order valence-corrected chi connectivity index (χ1v) is 35.1. The van der Waals surface area contributed by atoms with Crippen LogP contribution in [-0.2, 0) is 24.7 Å². The summed E-state index contributed by atoms with van der Waals surface area (Å²) in [4.78, 5) is 69.6. The molecule has 0 saturated carbocycles. The molecular weight excluding hydrogens is 1190 g/mol. The number of rotatable bonds is 43. The van der Waals surface area contributed by atoms with Crippen LogP contribution < -0.4 is 25.4 Å². The molecule has 5 rings (SSSR count). The number of thiophene rings is 1. The largest absolute Gasteiger partial charge is 0.494 e. The topological polar surface area (TPSA) is 160 Å². The molecule has 3 atom stereocenters. The van der Waals surface area contributed by atoms with E-state index in [4.69, 9.17) is 9.47 Å². The zero-order chi connectivity index (χ0) is 67.4. The molecule has 1 aliphatic heterocycles. The van der Waals surface area contributed by atoms with Gasteiger partial charge in [-0.15, -0.1) is 11.3 Å². The highest BCUT2D eigenvalue weighted by atomic mass is 32.1. The molecule has 1 saturated heterocycles. The minimum Gasteiger partial charge on any atom is -0.494 e. The lowest BCUT2D eigenvalue weighted by molar-refractivity contribution is -0.150. The van der Waals surface area contributed by atoms with Crippen LogP contribution in [0.5, 0.6) is 11.5 Å². The van der Waals surface area contributed by atoms with Gasteiger partial charge in [-0.05, 0) is 181 Å². The van der Waals surface area contributed by atoms with E-state index in [2.05, 4.69) is 151 Å². The van der Waals surface area contributed by atoms with Gasteiger partial charge in [-0.3, -0.25) is 14.4 Å². The number of ether oxygens (including phenoxy) is 2. The smallest absolute Gasteiger partial charge is 0.334 e. The Labute approximate surface area is 566 Å². The zero-order valence-corrected chi connectivity index (χ0v) is 57.6. The third-order valence-corrected chi connectivity index (χ3v) is 17.2. The number of aliphatic carboxylic acids is 1. The van der Waals surface area contributed by atoms with Crippen molar-refractivity contribution in [2.75, 3.05) is 13.2 Å². The molecule has 1 aliphatic rings. The Balaban J connectivity index is 1.23. The van der Waals surface area contributed by atoms with E-state index in [1.54, 1.807) is 68.4 Å². The molecule has 2 amide bonds. The molecule has 0 radical (unpaired) electrons. The fourth-order valence-corrected chi connectivity index (χ4v) is 11.9. The number of hydrogen-bond acceptors (Lipinski definition) is 9. The molecular formula is C82H105N3O8S. The summed E-state index contributed by atoms with van der Waals surface area (Å²) in [6.45, 7) is 13.1. The summed E-state index contributed by atoms with van der Waals surface area (Å²) in [5, 5.41) is 20.9. The summed E-state index contributed by atoms with van der Waals surface area (Å²) in [6, 6.07) is 18.8. The van der Waals surface area contributed by atoms with Crippen molar-refractivity contribution in [3.63, 3.8) is 0 Å². The maximum absolute atomic E-state index is 14.9. The van der Waals surface area contributed by atoms with E-state index in [-0.39, 0.29) is 42.1 Å². The highest BCUT2D eigenvalue weighted by Gasteiger charge is 2.45. The van der Waals surface area contributed by atoms with E-state index < -0.39 is 29.4 Å². The number of allylic oxidation sites excluding steroid dienone is 24. The second-order valence-electron chi connectivity index (χ2n) is 24.1. The summed E-state index contributed by atoms with van der Waals surface area (Å²) in [6.07, 6.45) is 68.0. The van der Waals surface area contributed by atoms with Gasteiger partial charge in [0.1, 0.15) is 17.5 Å². The van der Waals surface area contributed by atoms with Gasteiger partial charge in [-0.2, -0.15) is 0 Å². The number of piperidine rings is 1. The minimum atomic E-state index is -1.75. The summed E-state index contributed by atoms with van der Waals surface area (Å²) >= 11 is 1.35. The fraction of sp³-hybridized carbons (Fsp3) is 0.402. The summed E-state index contributed by atoms with van der Waals surface area (Å²) in [5.74, 6) is -2.56. The van der Waals surface area contributed by atoms with Gasteiger partial charge < -0.3 is 30.5 Å². The Morgan fingerprint density at radius 3 is 1.50 bits per heavy atom. The van der Waals surface area contributed by atoms with E-state index in [0.29, 0.717) is 68.5 Å². The number of ketones is 1. The van der Waals surface area contributed by atoms with E-state index in [1.807, 2.05) is 50.3 Å². The van der Waals surface area contributed by atoms with Crippen LogP contribution in [0, 0.1) is 11.8 Å². The first kappa shape index (κ1) is 76.5. The van der Waals surface area contributed by atoms with Crippen LogP contribution in [0.4, 0.5) is 0 Å². The van der Waals surface area contributed by atoms with Crippen molar-refractivity contribution < 1.29 is 38.6 Å². The number of carbonyl (C=O) groups excluding carboxylic acids is 4. The lowest BCUT2D eigenvalue weighted by Gasteiger charge is -2.35. The summed E-state index contributed by atoms with van der Waals surface area (Å²) in [7, 11) is 0. The van der Waals surface area contributed by atoms with Gasteiger partial charge in [-0.25, -0.2) is 9.59 Å². The number of carboxylic acids is 1. The van der Waals surface area contributed by atoms with E-state index >= 15 is 0 Å². The number of benzene rings is 3. The molecule has 12 heteroatoms. The highest BCUT2D eigenvalue weighted by Crippen LogP contribution is 2.43. The Kier molecular flexibility index (Phi) is 36.8. The van der Waals surface area contributed by atoms with Crippen molar-refractivity contribution in [1.82, 2.24) is 16.0 Å². The van der Waals surface area contributed by atoms with Crippen LogP contribution in [0.1, 0.15) is 191 Å². The summed E-state index contributed by atoms with van der Waals surface area (Å²) in [5.41, 5.74) is 0.173. The van der Waals surface area contributed by atoms with Gasteiger partial charge in [0.05, 0.1) is 6.61 Å². The first-order chi connectivity index (χ1) is 45.8. The molecule has 1 unspecified atom stereocenters. The molecule has 4 aromatic rings. The third kappa shape index (κ3) is 27.8. The molecule has 2 heterocycles. The standard InChI is InChI=1S/C82H105N3O8S/c1-7-9-11-13-15-17-19-21-23-25-27-29-31-33-35-37-39-41-43-48-74(86)84-77(64(3)4)80(89)93-71-58-59-72-73(63-71)94-79(76(72)78(88)66-52-56-70(57-53-66)92-62-60-69-47-45-46-61-83-69)67-50-54-68(55-51-67)82(65(5)6,81(90)91)85-75(87)49-44-42-40-38-36-34-32-30-28-26-24-22-20-18-16-14-12-10-8-2/h9-12,15-18,21-24,27-30,33-36,39-42,50-59,63-65,69,77,83H,7-8,13-14,19-20,25-26,31-32,37-38,43-49,60-62H2,1-6H3,(H,84,86)(H,85,87)(H,90,91)/t69?,77-,82-/m0/s1. The van der Waals surface area contributed by atoms with Crippen LogP contribution in [0.15, 0.2) is 213 Å². The van der Waals surface area contributed by atoms with Gasteiger partial charge in [-0.1, -0.05) is 218 Å². The molecule has 0 aliphatic carbocycles. The van der Waals surface area contributed by atoms with E-state index in [9.17, 15) is 29.1 Å². The molecule has 0 spiro atoms. The zero-order valence-electron chi connectivity index (χ0n) is 56.8. The van der Waals surface area contributed by atoms with Gasteiger partial charge in [0.15, 0.2) is 11.3 Å². The maximum Gasteiger partial charge on any atom is 0.334 e. The van der Waals surface area contributed by atoms with Gasteiger partial charge in [0.2, 0.25) is 11.8 Å². The monoisotopic (exact) mass is 1290 g/mol. The number of amides is 2. The van der Waals surface area contributed by atoms with Gasteiger partial charge in [0.25, 0.3) is 0 Å². The van der Waals surface area contributed by atoms with Crippen molar-refractivity contribution in [3.05, 3.63) is 229 Å². The molecule has 4 N–H and O–H groups in total. The van der Waals surface area contributed by atoms with Gasteiger partial charge in [0, 0.05) is 45.0 Å². The number of carboxylic acid groups (broad SMARTS) is 1. The number of nitrogens with one attached hydrogen (secondary N) is 3. The molecule has 3 aromatic carbocycles. The van der Waals surface area contributed by atoms with Crippen molar-refractivity contribution in [2.24, 2.45) is 11.8 Å². The molecule has 1 aromatic heterocycles. The summed E-state index contributed by atoms with van der Waals surface area (Å²) < 4.78 is 12.8. The van der Waals surface area contributed by atoms with Crippen molar-refractivity contribution in [2.45, 2.75) is 188 Å². The lowest BCUT2D eigenvalue weighted by Crippen LogP contribution is -2.55. The Bertz CT molecular complexity index is 3320. The number of fused-ring (bicyclic) bond motifs is 1. The minimum absolute atomic E-state index is 0.107. The normalized spacial score (nSPS) is 15.3. The first-order valence-electron chi connectivity index (χ1n) is 34.3. The van der Waals surface area contributed by atoms with Crippen LogP contribution in [-0.4, -0.2) is 59.9 Å². The Hall–Kier alpha value is -8.19. The highest BCUT2D eigenvalue weighted by molar-refractivity contribution is 7.22. The van der Waals surface area contributed by atoms with E-state index in [1.165, 1.54) is 24.2 Å².